The number of carboxylic acids is 1. The van der Waals surface area contributed by atoms with Crippen LogP contribution < -0.4 is 5.11 Å². The standard InChI is InChI=1S/C47H85NO7/c1-6-8-10-12-14-16-18-20-22-24-25-27-29-31-33-35-37-45(49)54-42-43(41-53-40-39-44(47(51)52)48(3,4)5)55-46(50)38-36-34-32-30-28-26-23-21-19-17-15-13-11-9-7-2/h15,17,21-24,43-44H,6-14,16,18-20,25-42H2,1-5H3/b17-15-,23-21-,24-22-. The Hall–Kier alpha value is -2.45. The van der Waals surface area contributed by atoms with Crippen LogP contribution in [0.25, 0.3) is 0 Å². The third kappa shape index (κ3) is 36.9. The van der Waals surface area contributed by atoms with E-state index in [1.807, 2.05) is 0 Å². The number of hydrogen-bond donors (Lipinski definition) is 0. The average Bonchev–Trinajstić information content (AvgIpc) is 3.14. The number of hydrogen-bond acceptors (Lipinski definition) is 7. The minimum atomic E-state index is -1.13. The summed E-state index contributed by atoms with van der Waals surface area (Å²) in [7, 11) is 5.40. The summed E-state index contributed by atoms with van der Waals surface area (Å²) in [5.41, 5.74) is 0. The lowest BCUT2D eigenvalue weighted by Crippen LogP contribution is -2.55. The summed E-state index contributed by atoms with van der Waals surface area (Å²) in [6.07, 6.45) is 43.0. The molecule has 2 atom stereocenters. The summed E-state index contributed by atoms with van der Waals surface area (Å²) in [5.74, 6) is -1.76. The Labute approximate surface area is 338 Å². The minimum absolute atomic E-state index is 0.0333. The molecule has 8 nitrogen and oxygen atoms in total. The molecule has 0 aliphatic rings. The molecule has 320 valence electrons. The Morgan fingerprint density at radius 1 is 0.545 bits per heavy atom. The molecule has 0 spiro atoms. The SMILES string of the molecule is CCCCC/C=C\C/C=C\CCCCCCCC(=O)OC(COCCC(C(=O)[O-])[N+](C)(C)C)COC(=O)CCCCCCC/C=C\CCCCCCCCC. The van der Waals surface area contributed by atoms with E-state index in [4.69, 9.17) is 14.2 Å². The normalized spacial score (nSPS) is 13.3. The van der Waals surface area contributed by atoms with Crippen molar-refractivity contribution in [3.8, 4) is 0 Å². The number of nitrogens with zero attached hydrogens (tertiary/aromatic N) is 1. The second-order valence-corrected chi connectivity index (χ2v) is 16.3. The minimum Gasteiger partial charge on any atom is -0.544 e. The number of esters is 2. The number of rotatable bonds is 40. The molecular formula is C47H85NO7. The molecule has 0 N–H and O–H groups in total. The van der Waals surface area contributed by atoms with E-state index >= 15 is 0 Å². The van der Waals surface area contributed by atoms with E-state index in [0.29, 0.717) is 12.8 Å². The fraction of sp³-hybridized carbons (Fsp3) is 0.809. The van der Waals surface area contributed by atoms with Gasteiger partial charge in [-0.05, 0) is 70.6 Å². The lowest BCUT2D eigenvalue weighted by Gasteiger charge is -2.34. The van der Waals surface area contributed by atoms with Crippen molar-refractivity contribution >= 4 is 17.9 Å². The highest BCUT2D eigenvalue weighted by Gasteiger charge is 2.25. The first-order valence-electron chi connectivity index (χ1n) is 22.5. The second-order valence-electron chi connectivity index (χ2n) is 16.3. The van der Waals surface area contributed by atoms with E-state index in [1.54, 1.807) is 21.1 Å². The largest absolute Gasteiger partial charge is 0.544 e. The van der Waals surface area contributed by atoms with Crippen molar-refractivity contribution in [3.63, 3.8) is 0 Å². The predicted octanol–water partition coefficient (Wildman–Crippen LogP) is 10.9. The molecule has 0 rings (SSSR count). The zero-order valence-electron chi connectivity index (χ0n) is 36.3. The molecular weight excluding hydrogens is 691 g/mol. The summed E-state index contributed by atoms with van der Waals surface area (Å²) < 4.78 is 17.2. The quantitative estimate of drug-likeness (QED) is 0.0264. The van der Waals surface area contributed by atoms with Crippen LogP contribution >= 0.6 is 0 Å². The highest BCUT2D eigenvalue weighted by Crippen LogP contribution is 2.13. The van der Waals surface area contributed by atoms with Crippen LogP contribution in [-0.4, -0.2) is 75.5 Å². The highest BCUT2D eigenvalue weighted by molar-refractivity contribution is 5.70. The molecule has 0 aromatic heterocycles. The Morgan fingerprint density at radius 2 is 0.964 bits per heavy atom. The van der Waals surface area contributed by atoms with Gasteiger partial charge in [0.05, 0.1) is 40.3 Å². The van der Waals surface area contributed by atoms with E-state index in [0.717, 1.165) is 77.0 Å². The van der Waals surface area contributed by atoms with Crippen LogP contribution in [0.4, 0.5) is 0 Å². The Bertz CT molecular complexity index is 1000. The predicted molar refractivity (Wildman–Crippen MR) is 227 cm³/mol. The molecule has 8 heteroatoms. The average molecular weight is 776 g/mol. The fourth-order valence-corrected chi connectivity index (χ4v) is 6.45. The molecule has 0 saturated heterocycles. The Morgan fingerprint density at radius 3 is 1.45 bits per heavy atom. The van der Waals surface area contributed by atoms with Crippen molar-refractivity contribution in [2.75, 3.05) is 41.0 Å². The first-order chi connectivity index (χ1) is 26.6. The van der Waals surface area contributed by atoms with E-state index in [9.17, 15) is 19.5 Å². The molecule has 0 aliphatic heterocycles. The van der Waals surface area contributed by atoms with Crippen molar-refractivity contribution in [1.82, 2.24) is 0 Å². The lowest BCUT2D eigenvalue weighted by atomic mass is 10.1. The van der Waals surface area contributed by atoms with Crippen LogP contribution in [-0.2, 0) is 28.6 Å². The Kier molecular flexibility index (Phi) is 36.7. The molecule has 0 aliphatic carbocycles. The highest BCUT2D eigenvalue weighted by atomic mass is 16.6. The monoisotopic (exact) mass is 776 g/mol. The van der Waals surface area contributed by atoms with E-state index in [1.165, 1.54) is 83.5 Å². The smallest absolute Gasteiger partial charge is 0.306 e. The first-order valence-corrected chi connectivity index (χ1v) is 22.5. The maximum absolute atomic E-state index is 12.7. The van der Waals surface area contributed by atoms with Crippen molar-refractivity contribution in [1.29, 1.82) is 0 Å². The molecule has 0 aromatic carbocycles. The molecule has 0 radical (unpaired) electrons. The van der Waals surface area contributed by atoms with Crippen LogP contribution in [0.3, 0.4) is 0 Å². The molecule has 0 amide bonds. The number of allylic oxidation sites excluding steroid dienone is 6. The third-order valence-corrected chi connectivity index (χ3v) is 10.00. The number of aliphatic carboxylic acids is 1. The van der Waals surface area contributed by atoms with Gasteiger partial charge in [-0.1, -0.05) is 140 Å². The number of carbonyl (C=O) groups is 3. The number of quaternary nitrogens is 1. The summed E-state index contributed by atoms with van der Waals surface area (Å²) in [6.45, 7) is 4.61. The van der Waals surface area contributed by atoms with Crippen molar-refractivity contribution in [2.45, 2.75) is 206 Å². The van der Waals surface area contributed by atoms with Gasteiger partial charge >= 0.3 is 11.9 Å². The van der Waals surface area contributed by atoms with Crippen LogP contribution in [0, 0.1) is 0 Å². The van der Waals surface area contributed by atoms with Gasteiger partial charge in [0.15, 0.2) is 6.10 Å². The topological polar surface area (TPSA) is 102 Å². The number of likely N-dealkylation sites (N-methyl/N-ethyl adjacent to an activating group) is 1. The Balaban J connectivity index is 4.37. The van der Waals surface area contributed by atoms with Gasteiger partial charge in [-0.2, -0.15) is 0 Å². The molecule has 55 heavy (non-hydrogen) atoms. The van der Waals surface area contributed by atoms with E-state index in [-0.39, 0.29) is 42.7 Å². The van der Waals surface area contributed by atoms with Crippen LogP contribution in [0.1, 0.15) is 194 Å². The molecule has 0 fully saturated rings. The van der Waals surface area contributed by atoms with E-state index in [2.05, 4.69) is 50.3 Å². The van der Waals surface area contributed by atoms with Gasteiger partial charge in [-0.15, -0.1) is 0 Å². The van der Waals surface area contributed by atoms with Gasteiger partial charge in [0, 0.05) is 19.3 Å². The van der Waals surface area contributed by atoms with Gasteiger partial charge in [0.2, 0.25) is 0 Å². The molecule has 0 aromatic rings. The zero-order valence-corrected chi connectivity index (χ0v) is 36.3. The molecule has 0 heterocycles. The maximum atomic E-state index is 12.7. The van der Waals surface area contributed by atoms with Gasteiger partial charge in [0.1, 0.15) is 12.6 Å². The zero-order chi connectivity index (χ0) is 40.7. The summed E-state index contributed by atoms with van der Waals surface area (Å²) in [5, 5.41) is 11.6. The first kappa shape index (κ1) is 52.6. The molecule has 2 unspecified atom stereocenters. The maximum Gasteiger partial charge on any atom is 0.306 e. The molecule has 0 bridgehead atoms. The summed E-state index contributed by atoms with van der Waals surface area (Å²) in [6, 6.07) is -0.728. The fourth-order valence-electron chi connectivity index (χ4n) is 6.45. The third-order valence-electron chi connectivity index (χ3n) is 10.00. The van der Waals surface area contributed by atoms with Crippen molar-refractivity contribution in [3.05, 3.63) is 36.5 Å². The van der Waals surface area contributed by atoms with Crippen LogP contribution in [0.15, 0.2) is 36.5 Å². The summed E-state index contributed by atoms with van der Waals surface area (Å²) in [4.78, 5) is 36.8. The number of unbranched alkanes of at least 4 members (excludes halogenated alkanes) is 20. The van der Waals surface area contributed by atoms with Gasteiger partial charge in [0.25, 0.3) is 0 Å². The number of ether oxygens (including phenoxy) is 3. The van der Waals surface area contributed by atoms with Crippen molar-refractivity contribution in [2.24, 2.45) is 0 Å². The second kappa shape index (κ2) is 38.4. The van der Waals surface area contributed by atoms with Gasteiger partial charge in [-0.25, -0.2) is 0 Å². The summed E-state index contributed by atoms with van der Waals surface area (Å²) >= 11 is 0. The molecule has 0 saturated carbocycles. The van der Waals surface area contributed by atoms with Crippen LogP contribution in [0.2, 0.25) is 0 Å². The van der Waals surface area contributed by atoms with Gasteiger partial charge < -0.3 is 28.6 Å². The number of carbonyl (C=O) groups excluding carboxylic acids is 3. The number of carboxylic acid groups (broad SMARTS) is 1. The van der Waals surface area contributed by atoms with Crippen molar-refractivity contribution < 1.29 is 38.2 Å². The van der Waals surface area contributed by atoms with E-state index < -0.39 is 18.1 Å². The van der Waals surface area contributed by atoms with Crippen LogP contribution in [0.5, 0.6) is 0 Å². The van der Waals surface area contributed by atoms with Gasteiger partial charge in [-0.3, -0.25) is 9.59 Å². The lowest BCUT2D eigenvalue weighted by molar-refractivity contribution is -0.889.